The fourth-order valence-corrected chi connectivity index (χ4v) is 5.10. The molecule has 0 bridgehead atoms. The zero-order valence-electron chi connectivity index (χ0n) is 18.0. The molecule has 3 rings (SSSR count). The van der Waals surface area contributed by atoms with Gasteiger partial charge in [-0.1, -0.05) is 17.4 Å². The van der Waals surface area contributed by atoms with E-state index in [4.69, 9.17) is 4.98 Å². The topological polar surface area (TPSA) is 70.6 Å². The van der Waals surface area contributed by atoms with Gasteiger partial charge >= 0.3 is 0 Å². The van der Waals surface area contributed by atoms with Crippen molar-refractivity contribution in [3.05, 3.63) is 53.1 Å². The molecular formula is C22H27N3O3S2. The highest BCUT2D eigenvalue weighted by atomic mass is 32.2. The molecule has 0 saturated carbocycles. The van der Waals surface area contributed by atoms with E-state index in [-0.39, 0.29) is 10.8 Å². The van der Waals surface area contributed by atoms with Crippen LogP contribution in [0.3, 0.4) is 0 Å². The van der Waals surface area contributed by atoms with Crippen LogP contribution in [0, 0.1) is 13.8 Å². The van der Waals surface area contributed by atoms with Crippen LogP contribution in [0.1, 0.15) is 27.9 Å². The second kappa shape index (κ2) is 8.83. The fourth-order valence-electron chi connectivity index (χ4n) is 3.30. The first-order valence-corrected chi connectivity index (χ1v) is 12.4. The maximum absolute atomic E-state index is 13.3. The van der Waals surface area contributed by atoms with Gasteiger partial charge in [-0.05, 0) is 82.4 Å². The SMILES string of the molecule is Cc1cc(C)c2nc(N(CCCN(C)C)C(=O)c3ccc(S(C)(=O)=O)cc3)sc2c1. The van der Waals surface area contributed by atoms with Crippen molar-refractivity contribution in [1.82, 2.24) is 9.88 Å². The van der Waals surface area contributed by atoms with Crippen molar-refractivity contribution in [2.45, 2.75) is 25.2 Å². The Balaban J connectivity index is 1.98. The van der Waals surface area contributed by atoms with Crippen LogP contribution in [0.5, 0.6) is 0 Å². The van der Waals surface area contributed by atoms with Crippen molar-refractivity contribution in [3.63, 3.8) is 0 Å². The highest BCUT2D eigenvalue weighted by molar-refractivity contribution is 7.90. The highest BCUT2D eigenvalue weighted by Gasteiger charge is 2.22. The molecule has 1 aromatic heterocycles. The number of rotatable bonds is 7. The Kier molecular flexibility index (Phi) is 6.59. The standard InChI is InChI=1S/C22H27N3O3S2/c1-15-13-16(2)20-19(14-15)29-22(23-20)25(12-6-11-24(3)4)21(26)17-7-9-18(10-8-17)30(5,27)28/h7-10,13-14H,6,11-12H2,1-5H3. The largest absolute Gasteiger partial charge is 0.309 e. The third kappa shape index (κ3) is 5.06. The summed E-state index contributed by atoms with van der Waals surface area (Å²) in [5, 5.41) is 0.662. The summed E-state index contributed by atoms with van der Waals surface area (Å²) in [5.41, 5.74) is 3.61. The summed E-state index contributed by atoms with van der Waals surface area (Å²) in [7, 11) is 0.691. The van der Waals surface area contributed by atoms with Gasteiger partial charge in [0.25, 0.3) is 5.91 Å². The Hall–Kier alpha value is -2.29. The van der Waals surface area contributed by atoms with E-state index in [2.05, 4.69) is 24.0 Å². The van der Waals surface area contributed by atoms with Crippen LogP contribution in [0.15, 0.2) is 41.3 Å². The van der Waals surface area contributed by atoms with E-state index in [0.717, 1.165) is 40.6 Å². The summed E-state index contributed by atoms with van der Waals surface area (Å²) in [6.45, 7) is 5.46. The van der Waals surface area contributed by atoms with Gasteiger partial charge in [-0.15, -0.1) is 0 Å². The Morgan fingerprint density at radius 3 is 2.33 bits per heavy atom. The molecule has 0 saturated heterocycles. The molecule has 0 fully saturated rings. The lowest BCUT2D eigenvalue weighted by atomic mass is 10.1. The quantitative estimate of drug-likeness (QED) is 0.551. The van der Waals surface area contributed by atoms with Gasteiger partial charge in [0.05, 0.1) is 15.1 Å². The van der Waals surface area contributed by atoms with Crippen molar-refractivity contribution >= 4 is 42.4 Å². The molecule has 0 N–H and O–H groups in total. The number of benzene rings is 2. The minimum Gasteiger partial charge on any atom is -0.309 e. The number of sulfone groups is 1. The average Bonchev–Trinajstić information content (AvgIpc) is 3.08. The second-order valence-corrected chi connectivity index (χ2v) is 10.9. The van der Waals surface area contributed by atoms with Crippen LogP contribution in [0.2, 0.25) is 0 Å². The molecule has 0 aliphatic carbocycles. The number of aromatic nitrogens is 1. The molecule has 8 heteroatoms. The van der Waals surface area contributed by atoms with Crippen LogP contribution >= 0.6 is 11.3 Å². The van der Waals surface area contributed by atoms with Gasteiger partial charge in [0.2, 0.25) is 0 Å². The molecule has 30 heavy (non-hydrogen) atoms. The minimum atomic E-state index is -3.31. The first-order chi connectivity index (χ1) is 14.1. The first-order valence-electron chi connectivity index (χ1n) is 9.71. The van der Waals surface area contributed by atoms with Crippen LogP contribution in [0.25, 0.3) is 10.2 Å². The summed E-state index contributed by atoms with van der Waals surface area (Å²) in [6.07, 6.45) is 1.96. The van der Waals surface area contributed by atoms with Gasteiger partial charge in [-0.25, -0.2) is 13.4 Å². The predicted octanol–water partition coefficient (Wildman–Crippen LogP) is 3.92. The van der Waals surface area contributed by atoms with Gasteiger partial charge in [0, 0.05) is 18.4 Å². The molecule has 0 aliphatic rings. The molecule has 0 unspecified atom stereocenters. The van der Waals surface area contributed by atoms with Crippen molar-refractivity contribution in [2.75, 3.05) is 38.3 Å². The Bertz CT molecular complexity index is 1170. The third-order valence-corrected chi connectivity index (χ3v) is 6.96. The van der Waals surface area contributed by atoms with E-state index in [1.165, 1.54) is 23.5 Å². The molecule has 2 aromatic carbocycles. The van der Waals surface area contributed by atoms with Crippen molar-refractivity contribution in [2.24, 2.45) is 0 Å². The molecule has 1 heterocycles. The van der Waals surface area contributed by atoms with E-state index in [0.29, 0.717) is 17.2 Å². The molecule has 0 radical (unpaired) electrons. The van der Waals surface area contributed by atoms with Gasteiger partial charge in [-0.3, -0.25) is 9.69 Å². The van der Waals surface area contributed by atoms with Gasteiger partial charge in [-0.2, -0.15) is 0 Å². The number of carbonyl (C=O) groups is 1. The Labute approximate surface area is 182 Å². The number of nitrogens with zero attached hydrogens (tertiary/aromatic N) is 3. The minimum absolute atomic E-state index is 0.178. The van der Waals surface area contributed by atoms with Crippen molar-refractivity contribution in [3.8, 4) is 0 Å². The van der Waals surface area contributed by atoms with E-state index >= 15 is 0 Å². The summed E-state index contributed by atoms with van der Waals surface area (Å²) < 4.78 is 24.5. The highest BCUT2D eigenvalue weighted by Crippen LogP contribution is 2.32. The summed E-state index contributed by atoms with van der Waals surface area (Å²) >= 11 is 1.51. The number of carbonyl (C=O) groups excluding carboxylic acids is 1. The zero-order valence-corrected chi connectivity index (χ0v) is 19.6. The van der Waals surface area contributed by atoms with Crippen molar-refractivity contribution in [1.29, 1.82) is 0 Å². The third-order valence-electron chi connectivity index (χ3n) is 4.81. The summed E-state index contributed by atoms with van der Waals surface area (Å²) in [6, 6.07) is 10.3. The second-order valence-electron chi connectivity index (χ2n) is 7.84. The van der Waals surface area contributed by atoms with Crippen LogP contribution in [0.4, 0.5) is 5.13 Å². The number of fused-ring (bicyclic) bond motifs is 1. The number of aryl methyl sites for hydroxylation is 2. The monoisotopic (exact) mass is 445 g/mol. The van der Waals surface area contributed by atoms with Gasteiger partial charge in [0.1, 0.15) is 0 Å². The molecule has 0 aliphatic heterocycles. The maximum atomic E-state index is 13.3. The lowest BCUT2D eigenvalue weighted by Crippen LogP contribution is -2.33. The van der Waals surface area contributed by atoms with Crippen molar-refractivity contribution < 1.29 is 13.2 Å². The molecule has 1 amide bonds. The van der Waals surface area contributed by atoms with Crippen LogP contribution in [-0.2, 0) is 9.84 Å². The number of anilines is 1. The molecule has 0 spiro atoms. The number of thiazole rings is 1. The van der Waals surface area contributed by atoms with E-state index < -0.39 is 9.84 Å². The van der Waals surface area contributed by atoms with Gasteiger partial charge < -0.3 is 4.90 Å². The molecule has 0 atom stereocenters. The Morgan fingerprint density at radius 1 is 1.07 bits per heavy atom. The zero-order chi connectivity index (χ0) is 22.1. The lowest BCUT2D eigenvalue weighted by Gasteiger charge is -2.21. The summed E-state index contributed by atoms with van der Waals surface area (Å²) in [5.74, 6) is -0.178. The number of hydrogen-bond donors (Lipinski definition) is 0. The normalized spacial score (nSPS) is 11.9. The maximum Gasteiger partial charge on any atom is 0.260 e. The smallest absolute Gasteiger partial charge is 0.260 e. The molecule has 6 nitrogen and oxygen atoms in total. The first kappa shape index (κ1) is 22.4. The number of amides is 1. The molecule has 3 aromatic rings. The summed E-state index contributed by atoms with van der Waals surface area (Å²) in [4.78, 5) is 22.1. The predicted molar refractivity (Wildman–Crippen MR) is 123 cm³/mol. The van der Waals surface area contributed by atoms with E-state index in [1.807, 2.05) is 21.0 Å². The lowest BCUT2D eigenvalue weighted by molar-refractivity contribution is 0.0986. The number of hydrogen-bond acceptors (Lipinski definition) is 6. The average molecular weight is 446 g/mol. The van der Waals surface area contributed by atoms with Gasteiger partial charge in [0.15, 0.2) is 15.0 Å². The van der Waals surface area contributed by atoms with Crippen LogP contribution < -0.4 is 4.90 Å². The fraction of sp³-hybridized carbons (Fsp3) is 0.364. The van der Waals surface area contributed by atoms with Crippen LogP contribution in [-0.4, -0.2) is 57.6 Å². The van der Waals surface area contributed by atoms with E-state index in [9.17, 15) is 13.2 Å². The molecule has 160 valence electrons. The molecular weight excluding hydrogens is 418 g/mol. The Morgan fingerprint density at radius 2 is 1.73 bits per heavy atom. The van der Waals surface area contributed by atoms with E-state index in [1.54, 1.807) is 17.0 Å².